The highest BCUT2D eigenvalue weighted by molar-refractivity contribution is 7.71. The largest absolute Gasteiger partial charge is 0.860 e. The molecule has 0 radical (unpaired) electrons. The Kier molecular flexibility index (Phi) is 4.18. The third-order valence-electron chi connectivity index (χ3n) is 4.39. The van der Waals surface area contributed by atoms with E-state index in [4.69, 9.17) is 17.0 Å². The Morgan fingerprint density at radius 2 is 2.04 bits per heavy atom. The van der Waals surface area contributed by atoms with Crippen molar-refractivity contribution in [2.24, 2.45) is 0 Å². The van der Waals surface area contributed by atoms with Gasteiger partial charge in [0.25, 0.3) is 5.56 Å². The topological polar surface area (TPSA) is 93.6 Å². The molecule has 0 aromatic carbocycles. The van der Waals surface area contributed by atoms with Crippen LogP contribution in [0, 0.1) is 11.7 Å². The van der Waals surface area contributed by atoms with Crippen molar-refractivity contribution in [3.8, 4) is 11.6 Å². The first-order valence-electron chi connectivity index (χ1n) is 7.81. The average Bonchev–Trinajstić information content (AvgIpc) is 2.96. The highest BCUT2D eigenvalue weighted by Gasteiger charge is 2.34. The number of hydrogen-bond donors (Lipinski definition) is 1. The summed E-state index contributed by atoms with van der Waals surface area (Å²) in [5.74, 6) is -0.442. The number of nitrogens with one attached hydrogen (secondary N) is 1. The third kappa shape index (κ3) is 2.25. The third-order valence-corrected chi connectivity index (χ3v) is 4.84. The molecule has 1 atom stereocenters. The quantitative estimate of drug-likeness (QED) is 0.833. The summed E-state index contributed by atoms with van der Waals surface area (Å²) in [6.45, 7) is 6.25. The van der Waals surface area contributed by atoms with Crippen molar-refractivity contribution in [2.75, 3.05) is 0 Å². The molecule has 24 heavy (non-hydrogen) atoms. The number of pyridine rings is 1. The molecule has 7 nitrogen and oxygen atoms in total. The standard InChI is InChI=1S/C16H19N3O4S/c1-4-18-14(21)11(15(22)19(5-2)16(18)24)13-10-9(7-23-13)6-17-8(3)12(10)20/h6,13,20-21H,4-5,7H2,1-3H3. The number of fused-ring (bicyclic) bond motifs is 1. The molecule has 1 aliphatic rings. The van der Waals surface area contributed by atoms with E-state index in [0.29, 0.717) is 24.3 Å². The van der Waals surface area contributed by atoms with Crippen LogP contribution < -0.4 is 15.6 Å². The van der Waals surface area contributed by atoms with Crippen LogP contribution in [-0.4, -0.2) is 14.2 Å². The Morgan fingerprint density at radius 3 is 2.67 bits per heavy atom. The zero-order valence-corrected chi connectivity index (χ0v) is 14.6. The summed E-state index contributed by atoms with van der Waals surface area (Å²) in [5, 5.41) is 23.2. The van der Waals surface area contributed by atoms with Crippen molar-refractivity contribution in [3.05, 3.63) is 43.7 Å². The number of aromatic amines is 1. The van der Waals surface area contributed by atoms with Gasteiger partial charge in [0.2, 0.25) is 5.69 Å². The van der Waals surface area contributed by atoms with Crippen molar-refractivity contribution >= 4 is 12.2 Å². The molecule has 0 amide bonds. The predicted octanol–water partition coefficient (Wildman–Crippen LogP) is 0.940. The van der Waals surface area contributed by atoms with Crippen LogP contribution in [0.1, 0.15) is 42.3 Å². The Morgan fingerprint density at radius 1 is 1.38 bits per heavy atom. The first-order chi connectivity index (χ1) is 11.4. The highest BCUT2D eigenvalue weighted by atomic mass is 32.1. The zero-order valence-electron chi connectivity index (χ0n) is 13.8. The highest BCUT2D eigenvalue weighted by Crippen LogP contribution is 2.41. The number of nitrogens with zero attached hydrogens (tertiary/aromatic N) is 2. The minimum atomic E-state index is -0.889. The van der Waals surface area contributed by atoms with Gasteiger partial charge in [0.1, 0.15) is 6.10 Å². The predicted molar refractivity (Wildman–Crippen MR) is 86.4 cm³/mol. The molecule has 3 rings (SSSR count). The summed E-state index contributed by atoms with van der Waals surface area (Å²) in [6.07, 6.45) is 0.835. The first-order valence-corrected chi connectivity index (χ1v) is 8.22. The fourth-order valence-corrected chi connectivity index (χ4v) is 3.50. The maximum Gasteiger partial charge on any atom is 0.259 e. The maximum atomic E-state index is 12.8. The van der Waals surface area contributed by atoms with E-state index in [1.807, 2.05) is 0 Å². The number of aryl methyl sites for hydroxylation is 1. The fourth-order valence-electron chi connectivity index (χ4n) is 3.08. The molecule has 8 heteroatoms. The van der Waals surface area contributed by atoms with Crippen LogP contribution in [0.25, 0.3) is 0 Å². The van der Waals surface area contributed by atoms with Gasteiger partial charge in [-0.25, -0.2) is 4.98 Å². The van der Waals surface area contributed by atoms with Crippen LogP contribution in [-0.2, 0) is 24.4 Å². The number of ether oxygens (including phenoxy) is 1. The molecular weight excluding hydrogens is 330 g/mol. The van der Waals surface area contributed by atoms with E-state index >= 15 is 0 Å². The van der Waals surface area contributed by atoms with E-state index in [2.05, 4.69) is 4.98 Å². The van der Waals surface area contributed by atoms with Crippen LogP contribution >= 0.6 is 12.2 Å². The molecular formula is C16H19N3O4S. The Labute approximate surface area is 143 Å². The molecule has 2 N–H and O–H groups in total. The second-order valence-electron chi connectivity index (χ2n) is 5.69. The molecule has 128 valence electrons. The van der Waals surface area contributed by atoms with E-state index in [-0.39, 0.29) is 22.7 Å². The number of H-pyrrole nitrogens is 1. The number of aromatic nitrogens is 3. The van der Waals surface area contributed by atoms with E-state index in [1.165, 1.54) is 9.13 Å². The minimum absolute atomic E-state index is 0.00745. The molecule has 0 bridgehead atoms. The molecule has 0 fully saturated rings. The van der Waals surface area contributed by atoms with Gasteiger partial charge in [-0.05, 0) is 31.9 Å². The smallest absolute Gasteiger partial charge is 0.259 e. The van der Waals surface area contributed by atoms with Crippen molar-refractivity contribution < 1.29 is 19.9 Å². The monoisotopic (exact) mass is 349 g/mol. The van der Waals surface area contributed by atoms with Gasteiger partial charge in [0.15, 0.2) is 16.7 Å². The SMILES string of the molecule is CCn1c([O-])c(C2OCc3c[nH+]c(C)c(O)c32)c(=O)n(CC)c1=S. The molecule has 1 unspecified atom stereocenters. The Hall–Kier alpha value is -2.19. The molecule has 0 aliphatic carbocycles. The van der Waals surface area contributed by atoms with Gasteiger partial charge in [-0.2, -0.15) is 0 Å². The Balaban J connectivity index is 2.33. The van der Waals surface area contributed by atoms with E-state index in [1.54, 1.807) is 27.0 Å². The first kappa shape index (κ1) is 16.7. The number of rotatable bonds is 3. The lowest BCUT2D eigenvalue weighted by atomic mass is 10.00. The molecule has 3 heterocycles. The van der Waals surface area contributed by atoms with Crippen molar-refractivity contribution in [1.29, 1.82) is 0 Å². The van der Waals surface area contributed by atoms with Crippen LogP contribution in [0.4, 0.5) is 0 Å². The lowest BCUT2D eigenvalue weighted by molar-refractivity contribution is -0.389. The number of hydrogen-bond acceptors (Lipinski definition) is 5. The second-order valence-corrected chi connectivity index (χ2v) is 6.05. The van der Waals surface area contributed by atoms with Gasteiger partial charge in [0, 0.05) is 25.6 Å². The van der Waals surface area contributed by atoms with Gasteiger partial charge in [0.05, 0.1) is 17.7 Å². The molecule has 0 saturated carbocycles. The zero-order chi connectivity index (χ0) is 17.6. The van der Waals surface area contributed by atoms with E-state index in [9.17, 15) is 15.0 Å². The molecule has 0 spiro atoms. The van der Waals surface area contributed by atoms with Gasteiger partial charge in [-0.15, -0.1) is 0 Å². The van der Waals surface area contributed by atoms with E-state index < -0.39 is 17.5 Å². The van der Waals surface area contributed by atoms with Crippen LogP contribution in [0.15, 0.2) is 11.0 Å². The number of aromatic hydroxyl groups is 1. The lowest BCUT2D eigenvalue weighted by Crippen LogP contribution is -2.32. The maximum absolute atomic E-state index is 12.8. The lowest BCUT2D eigenvalue weighted by Gasteiger charge is -2.25. The van der Waals surface area contributed by atoms with Gasteiger partial charge in [-0.1, -0.05) is 0 Å². The average molecular weight is 349 g/mol. The molecule has 2 aromatic rings. The van der Waals surface area contributed by atoms with Crippen molar-refractivity contribution in [1.82, 2.24) is 9.13 Å². The van der Waals surface area contributed by atoms with Crippen molar-refractivity contribution in [3.63, 3.8) is 0 Å². The normalized spacial score (nSPS) is 16.4. The van der Waals surface area contributed by atoms with Gasteiger partial charge >= 0.3 is 0 Å². The second kappa shape index (κ2) is 6.03. The molecule has 0 saturated heterocycles. The Bertz CT molecular complexity index is 932. The molecule has 1 aliphatic heterocycles. The van der Waals surface area contributed by atoms with Gasteiger partial charge in [-0.3, -0.25) is 9.36 Å². The van der Waals surface area contributed by atoms with Crippen LogP contribution in [0.3, 0.4) is 0 Å². The minimum Gasteiger partial charge on any atom is -0.860 e. The molecule has 2 aromatic heterocycles. The summed E-state index contributed by atoms with van der Waals surface area (Å²) < 4.78 is 8.68. The summed E-state index contributed by atoms with van der Waals surface area (Å²) >= 11 is 5.25. The summed E-state index contributed by atoms with van der Waals surface area (Å²) in [5.41, 5.74) is 1.29. The fraction of sp³-hybridized carbons (Fsp3) is 0.438. The van der Waals surface area contributed by atoms with Crippen LogP contribution in [0.2, 0.25) is 0 Å². The van der Waals surface area contributed by atoms with Gasteiger partial charge < -0.3 is 19.5 Å². The van der Waals surface area contributed by atoms with E-state index in [0.717, 1.165) is 5.56 Å². The summed E-state index contributed by atoms with van der Waals surface area (Å²) in [6, 6.07) is 0. The summed E-state index contributed by atoms with van der Waals surface area (Å²) in [4.78, 5) is 15.8. The summed E-state index contributed by atoms with van der Waals surface area (Å²) in [7, 11) is 0. The van der Waals surface area contributed by atoms with Crippen LogP contribution in [0.5, 0.6) is 11.6 Å². The van der Waals surface area contributed by atoms with Crippen molar-refractivity contribution in [2.45, 2.75) is 46.6 Å².